The number of nitrogens with one attached hydrogen (secondary N) is 1. The Morgan fingerprint density at radius 1 is 1.35 bits per heavy atom. The molecule has 4 heterocycles. The molecule has 1 atom stereocenters. The van der Waals surface area contributed by atoms with Crippen LogP contribution in [-0.2, 0) is 17.8 Å². The van der Waals surface area contributed by atoms with Gasteiger partial charge in [-0.15, -0.1) is 11.3 Å². The number of aromatic amines is 1. The Bertz CT molecular complexity index is 747. The average molecular weight is 375 g/mol. The molecule has 140 valence electrons. The smallest absolute Gasteiger partial charge is 0.222 e. The number of aliphatic hydroxyl groups excluding tert-OH is 1. The molecule has 0 bridgehead atoms. The average Bonchev–Trinajstić information content (AvgIpc) is 3.34. The second-order valence-corrected chi connectivity index (χ2v) is 8.28. The zero-order valence-corrected chi connectivity index (χ0v) is 15.7. The summed E-state index contributed by atoms with van der Waals surface area (Å²) in [7, 11) is 0. The second kappa shape index (κ2) is 7.36. The highest BCUT2D eigenvalue weighted by Gasteiger charge is 2.42. The van der Waals surface area contributed by atoms with Crippen molar-refractivity contribution in [1.29, 1.82) is 0 Å². The number of imidazole rings is 1. The van der Waals surface area contributed by atoms with Crippen molar-refractivity contribution >= 4 is 22.4 Å². The number of piperidine rings is 2. The van der Waals surface area contributed by atoms with Gasteiger partial charge in [-0.1, -0.05) is 0 Å². The molecule has 1 amide bonds. The van der Waals surface area contributed by atoms with Gasteiger partial charge >= 0.3 is 0 Å². The lowest BCUT2D eigenvalue weighted by Crippen LogP contribution is -2.54. The lowest BCUT2D eigenvalue weighted by atomic mass is 9.73. The summed E-state index contributed by atoms with van der Waals surface area (Å²) in [4.78, 5) is 28.5. The Morgan fingerprint density at radius 3 is 3.04 bits per heavy atom. The van der Waals surface area contributed by atoms with Crippen molar-refractivity contribution in [1.82, 2.24) is 19.9 Å². The second-order valence-electron chi connectivity index (χ2n) is 7.45. The number of hydrogen-bond donors (Lipinski definition) is 2. The molecule has 2 aliphatic rings. The Labute approximate surface area is 157 Å². The highest BCUT2D eigenvalue weighted by Crippen LogP contribution is 2.40. The van der Waals surface area contributed by atoms with E-state index < -0.39 is 0 Å². The number of hydrogen-bond acceptors (Lipinski definition) is 6. The summed E-state index contributed by atoms with van der Waals surface area (Å²) in [6, 6.07) is 0. The zero-order valence-electron chi connectivity index (χ0n) is 14.9. The quantitative estimate of drug-likeness (QED) is 0.832. The number of H-pyrrole nitrogens is 1. The highest BCUT2D eigenvalue weighted by molar-refractivity contribution is 7.13. The highest BCUT2D eigenvalue weighted by atomic mass is 32.1. The van der Waals surface area contributed by atoms with Gasteiger partial charge in [-0.2, -0.15) is 0 Å². The number of anilines is 1. The first-order chi connectivity index (χ1) is 12.7. The van der Waals surface area contributed by atoms with Gasteiger partial charge in [0.05, 0.1) is 18.6 Å². The molecule has 8 heteroatoms. The van der Waals surface area contributed by atoms with Crippen LogP contribution in [0.4, 0.5) is 5.13 Å². The Hall–Kier alpha value is -1.93. The molecule has 0 unspecified atom stereocenters. The molecule has 0 aromatic carbocycles. The molecule has 2 aromatic heterocycles. The number of carbonyl (C=O) groups excluding carboxylic acids is 1. The van der Waals surface area contributed by atoms with Crippen LogP contribution < -0.4 is 4.90 Å². The van der Waals surface area contributed by atoms with Gasteiger partial charge in [0.1, 0.15) is 0 Å². The third kappa shape index (κ3) is 3.61. The van der Waals surface area contributed by atoms with Crippen LogP contribution in [0.5, 0.6) is 0 Å². The van der Waals surface area contributed by atoms with Crippen LogP contribution in [0.3, 0.4) is 0 Å². The summed E-state index contributed by atoms with van der Waals surface area (Å²) in [5.41, 5.74) is 1.97. The van der Waals surface area contributed by atoms with E-state index in [0.717, 1.165) is 68.4 Å². The molecule has 2 saturated heterocycles. The topological polar surface area (TPSA) is 85.3 Å². The van der Waals surface area contributed by atoms with Gasteiger partial charge in [0, 0.05) is 61.7 Å². The monoisotopic (exact) mass is 375 g/mol. The maximum Gasteiger partial charge on any atom is 0.222 e. The van der Waals surface area contributed by atoms with Crippen LogP contribution in [0.15, 0.2) is 17.9 Å². The summed E-state index contributed by atoms with van der Waals surface area (Å²) >= 11 is 1.60. The first kappa shape index (κ1) is 17.5. The van der Waals surface area contributed by atoms with Gasteiger partial charge in [-0.05, 0) is 19.3 Å². The minimum atomic E-state index is -0.00857. The van der Waals surface area contributed by atoms with Crippen molar-refractivity contribution in [2.45, 2.75) is 38.7 Å². The van der Waals surface area contributed by atoms with E-state index in [2.05, 4.69) is 19.9 Å². The fraction of sp³-hybridized carbons (Fsp3) is 0.611. The minimum Gasteiger partial charge on any atom is -0.390 e. The first-order valence-corrected chi connectivity index (χ1v) is 10.1. The van der Waals surface area contributed by atoms with E-state index in [1.807, 2.05) is 16.5 Å². The van der Waals surface area contributed by atoms with E-state index in [1.165, 1.54) is 0 Å². The number of aromatic nitrogens is 3. The molecular weight excluding hydrogens is 350 g/mol. The van der Waals surface area contributed by atoms with Gasteiger partial charge in [0.15, 0.2) is 5.13 Å². The molecule has 2 N–H and O–H groups in total. The maximum atomic E-state index is 12.4. The van der Waals surface area contributed by atoms with Gasteiger partial charge < -0.3 is 19.9 Å². The molecule has 0 aliphatic carbocycles. The fourth-order valence-electron chi connectivity index (χ4n) is 4.20. The predicted octanol–water partition coefficient (Wildman–Crippen LogP) is 1.81. The lowest BCUT2D eigenvalue weighted by molar-refractivity contribution is -0.137. The third-order valence-electron chi connectivity index (χ3n) is 5.59. The first-order valence-electron chi connectivity index (χ1n) is 9.23. The third-order valence-corrected chi connectivity index (χ3v) is 6.54. The zero-order chi connectivity index (χ0) is 18.0. The lowest BCUT2D eigenvalue weighted by Gasteiger charge is -2.48. The van der Waals surface area contributed by atoms with Gasteiger partial charge in [0.2, 0.25) is 5.91 Å². The Kier molecular flexibility index (Phi) is 4.95. The van der Waals surface area contributed by atoms with E-state index in [0.29, 0.717) is 6.42 Å². The number of likely N-dealkylation sites (tertiary alicyclic amines) is 1. The maximum absolute atomic E-state index is 12.4. The van der Waals surface area contributed by atoms with Gasteiger partial charge in [-0.25, -0.2) is 9.97 Å². The van der Waals surface area contributed by atoms with Crippen molar-refractivity contribution in [3.8, 4) is 0 Å². The van der Waals surface area contributed by atoms with Crippen LogP contribution in [-0.4, -0.2) is 57.0 Å². The molecule has 4 rings (SSSR count). The van der Waals surface area contributed by atoms with Crippen molar-refractivity contribution in [2.24, 2.45) is 5.41 Å². The standard InChI is InChI=1S/C18H25N5O2S/c24-9-15-10-26-17(21-15)23-6-1-4-18(12-23)5-2-16(25)22(11-18)7-3-14-8-19-13-20-14/h8,10,13,24H,1-7,9,11-12H2,(H,19,20)/t18-/m1/s1. The van der Waals surface area contributed by atoms with E-state index in [1.54, 1.807) is 17.7 Å². The summed E-state index contributed by atoms with van der Waals surface area (Å²) in [6.45, 7) is 3.51. The minimum absolute atomic E-state index is 0.00857. The summed E-state index contributed by atoms with van der Waals surface area (Å²) in [6.07, 6.45) is 8.21. The number of thiazole rings is 1. The molecule has 2 aliphatic heterocycles. The summed E-state index contributed by atoms with van der Waals surface area (Å²) in [5, 5.41) is 12.2. The molecule has 0 radical (unpaired) electrons. The molecule has 2 fully saturated rings. The van der Waals surface area contributed by atoms with Crippen molar-refractivity contribution in [3.63, 3.8) is 0 Å². The molecular formula is C18H25N5O2S. The summed E-state index contributed by atoms with van der Waals surface area (Å²) < 4.78 is 0. The normalized spacial score (nSPS) is 23.8. The van der Waals surface area contributed by atoms with Crippen molar-refractivity contribution < 1.29 is 9.90 Å². The van der Waals surface area contributed by atoms with Crippen LogP contribution in [0, 0.1) is 5.41 Å². The molecule has 0 saturated carbocycles. The van der Waals surface area contributed by atoms with Crippen LogP contribution in [0.1, 0.15) is 37.1 Å². The number of rotatable bonds is 5. The fourth-order valence-corrected chi connectivity index (χ4v) is 5.04. The van der Waals surface area contributed by atoms with Crippen LogP contribution >= 0.6 is 11.3 Å². The number of aliphatic hydroxyl groups is 1. The van der Waals surface area contributed by atoms with E-state index >= 15 is 0 Å². The van der Waals surface area contributed by atoms with E-state index in [9.17, 15) is 9.90 Å². The summed E-state index contributed by atoms with van der Waals surface area (Å²) in [5.74, 6) is 0.268. The largest absolute Gasteiger partial charge is 0.390 e. The Balaban J connectivity index is 1.43. The number of nitrogens with zero attached hydrogens (tertiary/aromatic N) is 4. The Morgan fingerprint density at radius 2 is 2.27 bits per heavy atom. The van der Waals surface area contributed by atoms with Crippen molar-refractivity contribution in [3.05, 3.63) is 29.3 Å². The van der Waals surface area contributed by atoms with Crippen molar-refractivity contribution in [2.75, 3.05) is 31.1 Å². The van der Waals surface area contributed by atoms with Gasteiger partial charge in [0.25, 0.3) is 0 Å². The van der Waals surface area contributed by atoms with E-state index in [4.69, 9.17) is 0 Å². The molecule has 26 heavy (non-hydrogen) atoms. The van der Waals surface area contributed by atoms with Crippen LogP contribution in [0.2, 0.25) is 0 Å². The SMILES string of the molecule is O=C1CC[C@]2(CCCN(c3nc(CO)cs3)C2)CN1CCc1cnc[nH]1. The molecule has 2 aromatic rings. The molecule has 7 nitrogen and oxygen atoms in total. The number of carbonyl (C=O) groups is 1. The van der Waals surface area contributed by atoms with Gasteiger partial charge in [-0.3, -0.25) is 4.79 Å². The predicted molar refractivity (Wildman–Crippen MR) is 100 cm³/mol. The van der Waals surface area contributed by atoms with Crippen LogP contribution in [0.25, 0.3) is 0 Å². The molecule has 1 spiro atoms. The van der Waals surface area contributed by atoms with E-state index in [-0.39, 0.29) is 17.9 Å². The number of amides is 1.